The number of amides is 2. The number of rotatable bonds is 10. The quantitative estimate of drug-likeness (QED) is 0.364. The van der Waals surface area contributed by atoms with Gasteiger partial charge in [-0.1, -0.05) is 38.1 Å². The Morgan fingerprint density at radius 2 is 1.73 bits per heavy atom. The van der Waals surface area contributed by atoms with Gasteiger partial charge in [0.25, 0.3) is 0 Å². The summed E-state index contributed by atoms with van der Waals surface area (Å²) in [5.41, 5.74) is 7.31. The van der Waals surface area contributed by atoms with Crippen LogP contribution in [-0.2, 0) is 16.0 Å². The minimum Gasteiger partial charge on any atom is -0.497 e. The van der Waals surface area contributed by atoms with Crippen molar-refractivity contribution in [1.82, 2.24) is 10.6 Å². The van der Waals surface area contributed by atoms with Crippen molar-refractivity contribution in [1.29, 1.82) is 5.26 Å². The summed E-state index contributed by atoms with van der Waals surface area (Å²) in [5, 5.41) is 23.5. The van der Waals surface area contributed by atoms with Crippen molar-refractivity contribution in [2.45, 2.75) is 50.7 Å². The van der Waals surface area contributed by atoms with Gasteiger partial charge in [0.05, 0.1) is 30.8 Å². The summed E-state index contributed by atoms with van der Waals surface area (Å²) in [6.07, 6.45) is -7.70. The number of nitrogens with zero attached hydrogens (tertiary/aromatic N) is 1. The molecular weight excluding hydrogens is 513 g/mol. The molecule has 0 aliphatic heterocycles. The lowest BCUT2D eigenvalue weighted by Gasteiger charge is -2.31. The van der Waals surface area contributed by atoms with E-state index >= 15 is 0 Å². The van der Waals surface area contributed by atoms with Gasteiger partial charge in [0.15, 0.2) is 6.10 Å². The first-order valence-electron chi connectivity index (χ1n) is 11.1. The molecule has 0 spiro atoms. The highest BCUT2D eigenvalue weighted by Crippen LogP contribution is 2.26. The number of hydrogen-bond donors (Lipinski definition) is 4. The molecule has 0 heterocycles. The summed E-state index contributed by atoms with van der Waals surface area (Å²) in [6.45, 7) is 2.85. The average Bonchev–Trinajstić information content (AvgIpc) is 2.84. The fourth-order valence-corrected chi connectivity index (χ4v) is 3.52. The second kappa shape index (κ2) is 13.8. The third kappa shape index (κ3) is 8.93. The Morgan fingerprint density at radius 3 is 2.24 bits per heavy atom. The minimum atomic E-state index is -4.96. The summed E-state index contributed by atoms with van der Waals surface area (Å²) < 4.78 is 44.6. The van der Waals surface area contributed by atoms with Crippen molar-refractivity contribution in [3.8, 4) is 11.8 Å². The number of halogens is 4. The lowest BCUT2D eigenvalue weighted by molar-refractivity contribution is -0.215. The van der Waals surface area contributed by atoms with Crippen LogP contribution < -0.4 is 21.1 Å². The molecule has 12 heteroatoms. The van der Waals surface area contributed by atoms with Crippen molar-refractivity contribution < 1.29 is 32.6 Å². The molecule has 2 rings (SSSR count). The fraction of sp³-hybridized carbons (Fsp3) is 0.400. The Bertz CT molecular complexity index is 1090. The number of carbonyl (C=O) groups excluding carboxylic acids is 2. The Balaban J connectivity index is 0.00000684. The first-order valence-corrected chi connectivity index (χ1v) is 11.1. The van der Waals surface area contributed by atoms with E-state index in [0.717, 1.165) is 0 Å². The van der Waals surface area contributed by atoms with Crippen LogP contribution in [0, 0.1) is 17.2 Å². The molecule has 2 aromatic rings. The molecule has 2 amide bonds. The molecule has 0 aromatic heterocycles. The average molecular weight is 543 g/mol. The van der Waals surface area contributed by atoms with E-state index in [0.29, 0.717) is 16.9 Å². The van der Waals surface area contributed by atoms with Gasteiger partial charge < -0.3 is 26.2 Å². The second-order valence-electron chi connectivity index (χ2n) is 8.60. The van der Waals surface area contributed by atoms with Crippen LogP contribution in [0.4, 0.5) is 13.2 Å². The maximum absolute atomic E-state index is 13.2. The summed E-state index contributed by atoms with van der Waals surface area (Å²) >= 11 is 0. The SMILES string of the molecule is COc1ccc([C@H](NC(=O)[C@@H](N)Cc2cccc(C#N)c2)C(=O)N[C@@H](C(C)C)[C@H](O)C(F)(F)F)cc1.Cl. The molecule has 0 unspecified atom stereocenters. The van der Waals surface area contributed by atoms with Gasteiger partial charge in [0.1, 0.15) is 11.8 Å². The maximum Gasteiger partial charge on any atom is 0.416 e. The molecule has 0 bridgehead atoms. The molecule has 8 nitrogen and oxygen atoms in total. The molecule has 4 atom stereocenters. The van der Waals surface area contributed by atoms with Crippen LogP contribution in [0.1, 0.15) is 36.6 Å². The highest BCUT2D eigenvalue weighted by molar-refractivity contribution is 5.91. The zero-order chi connectivity index (χ0) is 27.0. The molecule has 2 aromatic carbocycles. The van der Waals surface area contributed by atoms with Crippen LogP contribution in [0.3, 0.4) is 0 Å². The second-order valence-corrected chi connectivity index (χ2v) is 8.60. The van der Waals surface area contributed by atoms with Crippen LogP contribution in [0.2, 0.25) is 0 Å². The number of hydrogen-bond acceptors (Lipinski definition) is 6. The van der Waals surface area contributed by atoms with Crippen molar-refractivity contribution >= 4 is 24.2 Å². The molecule has 37 heavy (non-hydrogen) atoms. The number of methoxy groups -OCH3 is 1. The number of nitriles is 1. The number of alkyl halides is 3. The predicted octanol–water partition coefficient (Wildman–Crippen LogP) is 2.78. The van der Waals surface area contributed by atoms with Gasteiger partial charge >= 0.3 is 6.18 Å². The molecule has 0 saturated heterocycles. The van der Waals surface area contributed by atoms with E-state index in [4.69, 9.17) is 15.7 Å². The summed E-state index contributed by atoms with van der Waals surface area (Å²) in [5.74, 6) is -1.99. The van der Waals surface area contributed by atoms with E-state index in [2.05, 4.69) is 10.6 Å². The van der Waals surface area contributed by atoms with Gasteiger partial charge in [-0.25, -0.2) is 0 Å². The molecule has 0 radical (unpaired) electrons. The van der Waals surface area contributed by atoms with Crippen molar-refractivity contribution in [2.75, 3.05) is 7.11 Å². The third-order valence-electron chi connectivity index (χ3n) is 5.55. The molecule has 0 aliphatic carbocycles. The number of nitrogens with two attached hydrogens (primary N) is 1. The van der Waals surface area contributed by atoms with Crippen LogP contribution in [0.5, 0.6) is 5.75 Å². The Morgan fingerprint density at radius 1 is 1.11 bits per heavy atom. The maximum atomic E-state index is 13.2. The Hall–Kier alpha value is -3.33. The van der Waals surface area contributed by atoms with Crippen molar-refractivity contribution in [2.24, 2.45) is 11.7 Å². The molecule has 0 fully saturated rings. The van der Waals surface area contributed by atoms with E-state index in [9.17, 15) is 27.9 Å². The number of ether oxygens (including phenoxy) is 1. The molecule has 202 valence electrons. The van der Waals surface area contributed by atoms with E-state index < -0.39 is 48.1 Å². The Labute approximate surface area is 219 Å². The first kappa shape index (κ1) is 31.7. The lowest BCUT2D eigenvalue weighted by atomic mass is 9.96. The predicted molar refractivity (Wildman–Crippen MR) is 133 cm³/mol. The van der Waals surface area contributed by atoms with Gasteiger partial charge in [-0.15, -0.1) is 12.4 Å². The molecule has 0 saturated carbocycles. The minimum absolute atomic E-state index is 0. The van der Waals surface area contributed by atoms with Gasteiger partial charge in [-0.05, 0) is 47.7 Å². The number of benzene rings is 2. The van der Waals surface area contributed by atoms with E-state index in [1.807, 2.05) is 6.07 Å². The van der Waals surface area contributed by atoms with Crippen LogP contribution in [0.15, 0.2) is 48.5 Å². The fourth-order valence-electron chi connectivity index (χ4n) is 3.52. The standard InChI is InChI=1S/C25H29F3N4O4.ClH/c1-14(2)20(22(33)25(26,27)28)31-24(35)21(17-7-9-18(36-3)10-8-17)32-23(34)19(30)12-15-5-4-6-16(11-15)13-29;/h4-11,14,19-22,33H,12,30H2,1-3H3,(H,31,35)(H,32,34);1H/t19-,20-,21-,22-;/m0./s1. The van der Waals surface area contributed by atoms with E-state index in [1.54, 1.807) is 24.3 Å². The third-order valence-corrected chi connectivity index (χ3v) is 5.55. The summed E-state index contributed by atoms with van der Waals surface area (Å²) in [7, 11) is 1.44. The van der Waals surface area contributed by atoms with Gasteiger partial charge in [-0.3, -0.25) is 9.59 Å². The highest BCUT2D eigenvalue weighted by atomic mass is 35.5. The number of nitrogens with one attached hydrogen (secondary N) is 2. The van der Waals surface area contributed by atoms with E-state index in [1.165, 1.54) is 45.2 Å². The molecule has 0 aliphatic rings. The van der Waals surface area contributed by atoms with Crippen molar-refractivity contribution in [3.63, 3.8) is 0 Å². The van der Waals surface area contributed by atoms with E-state index in [-0.39, 0.29) is 24.4 Å². The largest absolute Gasteiger partial charge is 0.497 e. The summed E-state index contributed by atoms with van der Waals surface area (Å²) in [4.78, 5) is 26.0. The van der Waals surface area contributed by atoms with Crippen LogP contribution >= 0.6 is 12.4 Å². The van der Waals surface area contributed by atoms with Gasteiger partial charge in [-0.2, -0.15) is 18.4 Å². The molecule has 5 N–H and O–H groups in total. The zero-order valence-corrected chi connectivity index (χ0v) is 21.3. The highest BCUT2D eigenvalue weighted by Gasteiger charge is 2.45. The number of carbonyl (C=O) groups is 2. The van der Waals surface area contributed by atoms with Crippen molar-refractivity contribution in [3.05, 3.63) is 65.2 Å². The van der Waals surface area contributed by atoms with Gasteiger partial charge in [0.2, 0.25) is 11.8 Å². The zero-order valence-electron chi connectivity index (χ0n) is 20.5. The Kier molecular flexibility index (Phi) is 11.9. The first-order chi connectivity index (χ1) is 16.9. The number of aliphatic hydroxyl groups is 1. The van der Waals surface area contributed by atoms with Crippen LogP contribution in [-0.4, -0.2) is 48.4 Å². The van der Waals surface area contributed by atoms with Crippen LogP contribution in [0.25, 0.3) is 0 Å². The summed E-state index contributed by atoms with van der Waals surface area (Å²) in [6, 6.07) is 10.3. The molecular formula is C25H30ClF3N4O4. The monoisotopic (exact) mass is 542 g/mol. The smallest absolute Gasteiger partial charge is 0.416 e. The lowest BCUT2D eigenvalue weighted by Crippen LogP contribution is -2.56. The van der Waals surface area contributed by atoms with Gasteiger partial charge in [0, 0.05) is 0 Å². The normalized spacial score (nSPS) is 14.4. The topological polar surface area (TPSA) is 137 Å². The number of aliphatic hydroxyl groups excluding tert-OH is 1.